The molecule has 0 atom stereocenters. The summed E-state index contributed by atoms with van der Waals surface area (Å²) in [5.41, 5.74) is 0.279. The van der Waals surface area contributed by atoms with Gasteiger partial charge in [-0.25, -0.2) is 4.39 Å². The van der Waals surface area contributed by atoms with Gasteiger partial charge in [0.15, 0.2) is 0 Å². The van der Waals surface area contributed by atoms with Crippen LogP contribution >= 0.6 is 0 Å². The van der Waals surface area contributed by atoms with Crippen LogP contribution in [0.5, 0.6) is 0 Å². The summed E-state index contributed by atoms with van der Waals surface area (Å²) in [5, 5.41) is 19.5. The fourth-order valence-corrected chi connectivity index (χ4v) is 1.12. The maximum absolute atomic E-state index is 13.3. The molecule has 2 aromatic rings. The Morgan fingerprint density at radius 3 is 2.93 bits per heavy atom. The quantitative estimate of drug-likeness (QED) is 0.730. The molecule has 1 aromatic heterocycles. The molecule has 2 rings (SSSR count). The largest absolute Gasteiger partial charge is 0.207 e. The van der Waals surface area contributed by atoms with E-state index in [0.29, 0.717) is 0 Å². The van der Waals surface area contributed by atoms with E-state index in [4.69, 9.17) is 5.26 Å². The molecule has 0 aliphatic rings. The minimum absolute atomic E-state index is 0.00144. The van der Waals surface area contributed by atoms with E-state index in [-0.39, 0.29) is 17.9 Å². The zero-order valence-corrected chi connectivity index (χ0v) is 7.63. The van der Waals surface area contributed by atoms with Crippen molar-refractivity contribution >= 4 is 0 Å². The van der Waals surface area contributed by atoms with Crippen molar-refractivity contribution in [1.82, 2.24) is 20.2 Å². The van der Waals surface area contributed by atoms with Crippen molar-refractivity contribution in [3.8, 4) is 17.5 Å². The molecule has 1 heterocycles. The molecule has 0 aliphatic heterocycles. The van der Waals surface area contributed by atoms with Crippen molar-refractivity contribution < 1.29 is 4.39 Å². The number of aromatic nitrogens is 4. The third-order valence-corrected chi connectivity index (χ3v) is 1.78. The highest BCUT2D eigenvalue weighted by molar-refractivity contribution is 5.54. The van der Waals surface area contributed by atoms with Crippen LogP contribution in [-0.2, 0) is 6.54 Å². The van der Waals surface area contributed by atoms with Crippen LogP contribution in [-0.4, -0.2) is 20.2 Å². The molecule has 0 saturated carbocycles. The molecule has 0 bridgehead atoms. The van der Waals surface area contributed by atoms with Gasteiger partial charge in [-0.1, -0.05) is 12.1 Å². The maximum Gasteiger partial charge on any atom is 0.207 e. The van der Waals surface area contributed by atoms with E-state index in [1.807, 2.05) is 6.07 Å². The smallest absolute Gasteiger partial charge is 0.206 e. The van der Waals surface area contributed by atoms with E-state index in [1.165, 1.54) is 6.07 Å². The summed E-state index contributed by atoms with van der Waals surface area (Å²) >= 11 is 0. The van der Waals surface area contributed by atoms with Gasteiger partial charge in [-0.2, -0.15) is 5.26 Å². The average molecular weight is 203 g/mol. The summed E-state index contributed by atoms with van der Waals surface area (Å²) < 4.78 is 13.3. The van der Waals surface area contributed by atoms with E-state index in [2.05, 4.69) is 15.4 Å². The van der Waals surface area contributed by atoms with Gasteiger partial charge in [-0.05, 0) is 17.3 Å². The molecule has 0 saturated heterocycles. The molecule has 0 N–H and O–H groups in total. The predicted octanol–water partition coefficient (Wildman–Crippen LogP) is 1.00. The average Bonchev–Trinajstić information content (AvgIpc) is 2.68. The van der Waals surface area contributed by atoms with E-state index in [1.54, 1.807) is 18.2 Å². The molecule has 0 unspecified atom stereocenters. The lowest BCUT2D eigenvalue weighted by Crippen LogP contribution is -2.00. The Bertz CT molecular complexity index is 513. The first-order chi connectivity index (χ1) is 7.31. The van der Waals surface area contributed by atoms with Gasteiger partial charge in [0.2, 0.25) is 5.82 Å². The summed E-state index contributed by atoms with van der Waals surface area (Å²) in [7, 11) is 0. The molecule has 74 valence electrons. The Kier molecular flexibility index (Phi) is 2.37. The first-order valence-electron chi connectivity index (χ1n) is 4.21. The van der Waals surface area contributed by atoms with Gasteiger partial charge in [0.25, 0.3) is 0 Å². The summed E-state index contributed by atoms with van der Waals surface area (Å²) in [5.74, 6) is -0.225. The first-order valence-corrected chi connectivity index (χ1v) is 4.21. The lowest BCUT2D eigenvalue weighted by atomic mass is 10.2. The summed E-state index contributed by atoms with van der Waals surface area (Å²) in [6.45, 7) is 0.00144. The molecule has 0 amide bonds. The normalized spacial score (nSPS) is 9.87. The molecule has 0 radical (unpaired) electrons. The van der Waals surface area contributed by atoms with Gasteiger partial charge in [0.1, 0.15) is 12.4 Å². The van der Waals surface area contributed by atoms with Crippen LogP contribution in [0, 0.1) is 17.1 Å². The van der Waals surface area contributed by atoms with Crippen LogP contribution < -0.4 is 0 Å². The Morgan fingerprint density at radius 1 is 1.40 bits per heavy atom. The summed E-state index contributed by atoms with van der Waals surface area (Å²) in [6, 6.07) is 8.01. The molecular weight excluding hydrogens is 197 g/mol. The highest BCUT2D eigenvalue weighted by Gasteiger charge is 2.09. The standard InChI is InChI=1S/C9H6FN5/c10-8-4-2-1-3-7(8)9-12-14-15(13-9)6-5-11/h1-4H,6H2. The van der Waals surface area contributed by atoms with Crippen molar-refractivity contribution in [2.45, 2.75) is 6.54 Å². The molecule has 15 heavy (non-hydrogen) atoms. The number of tetrazole rings is 1. The second-order valence-corrected chi connectivity index (χ2v) is 2.78. The third-order valence-electron chi connectivity index (χ3n) is 1.78. The van der Waals surface area contributed by atoms with Gasteiger partial charge < -0.3 is 0 Å². The third kappa shape index (κ3) is 1.81. The first kappa shape index (κ1) is 9.27. The number of rotatable bonds is 2. The summed E-state index contributed by atoms with van der Waals surface area (Å²) in [4.78, 5) is 1.11. The minimum Gasteiger partial charge on any atom is -0.206 e. The monoisotopic (exact) mass is 203 g/mol. The van der Waals surface area contributed by atoms with Crippen LogP contribution in [0.3, 0.4) is 0 Å². The Balaban J connectivity index is 2.38. The number of halogens is 1. The molecular formula is C9H6FN5. The van der Waals surface area contributed by atoms with Crippen LogP contribution in [0.4, 0.5) is 4.39 Å². The molecule has 0 spiro atoms. The zero-order valence-electron chi connectivity index (χ0n) is 7.63. The van der Waals surface area contributed by atoms with E-state index >= 15 is 0 Å². The van der Waals surface area contributed by atoms with Crippen molar-refractivity contribution in [2.24, 2.45) is 0 Å². The summed E-state index contributed by atoms with van der Waals surface area (Å²) in [6.07, 6.45) is 0. The molecule has 0 aliphatic carbocycles. The second-order valence-electron chi connectivity index (χ2n) is 2.78. The van der Waals surface area contributed by atoms with Crippen molar-refractivity contribution in [1.29, 1.82) is 5.26 Å². The number of benzene rings is 1. The molecule has 6 heteroatoms. The van der Waals surface area contributed by atoms with E-state index in [0.717, 1.165) is 4.80 Å². The van der Waals surface area contributed by atoms with E-state index < -0.39 is 5.82 Å². The number of nitrogens with zero attached hydrogens (tertiary/aromatic N) is 5. The van der Waals surface area contributed by atoms with Gasteiger partial charge in [-0.3, -0.25) is 0 Å². The SMILES string of the molecule is N#CCn1nnc(-c2ccccc2F)n1. The minimum atomic E-state index is -0.408. The Hall–Kier alpha value is -2.29. The fraction of sp³-hybridized carbons (Fsp3) is 0.111. The number of nitriles is 1. The van der Waals surface area contributed by atoms with Crippen molar-refractivity contribution in [3.63, 3.8) is 0 Å². The van der Waals surface area contributed by atoms with Crippen LogP contribution in [0.2, 0.25) is 0 Å². The maximum atomic E-state index is 13.3. The lowest BCUT2D eigenvalue weighted by Gasteiger charge is -1.94. The van der Waals surface area contributed by atoms with E-state index in [9.17, 15) is 4.39 Å². The topological polar surface area (TPSA) is 67.4 Å². The molecule has 0 fully saturated rings. The second kappa shape index (κ2) is 3.84. The highest BCUT2D eigenvalue weighted by atomic mass is 19.1. The fourth-order valence-electron chi connectivity index (χ4n) is 1.12. The van der Waals surface area contributed by atoms with Crippen molar-refractivity contribution in [2.75, 3.05) is 0 Å². The Morgan fingerprint density at radius 2 is 2.20 bits per heavy atom. The van der Waals surface area contributed by atoms with Crippen LogP contribution in [0.25, 0.3) is 11.4 Å². The van der Waals surface area contributed by atoms with Crippen LogP contribution in [0.1, 0.15) is 0 Å². The highest BCUT2D eigenvalue weighted by Crippen LogP contribution is 2.16. The predicted molar refractivity (Wildman–Crippen MR) is 48.8 cm³/mol. The van der Waals surface area contributed by atoms with Gasteiger partial charge in [-0.15, -0.1) is 15.0 Å². The van der Waals surface area contributed by atoms with Gasteiger partial charge in [0.05, 0.1) is 11.6 Å². The molecule has 1 aromatic carbocycles. The Labute approximate surface area is 84.8 Å². The number of hydrogen-bond donors (Lipinski definition) is 0. The van der Waals surface area contributed by atoms with Gasteiger partial charge >= 0.3 is 0 Å². The van der Waals surface area contributed by atoms with Crippen molar-refractivity contribution in [3.05, 3.63) is 30.1 Å². The lowest BCUT2D eigenvalue weighted by molar-refractivity contribution is 0.588. The molecule has 5 nitrogen and oxygen atoms in total. The zero-order chi connectivity index (χ0) is 10.7. The van der Waals surface area contributed by atoms with Crippen LogP contribution in [0.15, 0.2) is 24.3 Å². The van der Waals surface area contributed by atoms with Gasteiger partial charge in [0, 0.05) is 0 Å². The number of hydrogen-bond acceptors (Lipinski definition) is 4.